The maximum atomic E-state index is 14.2. The number of benzene rings is 6. The fourth-order valence-electron chi connectivity index (χ4n) is 11.5. The van der Waals surface area contributed by atoms with Crippen molar-refractivity contribution >= 4 is 33.7 Å². The molecule has 2 aliphatic rings. The Balaban J connectivity index is 0.887. The molecule has 0 saturated carbocycles. The molecule has 2 heterocycles. The molecule has 0 saturated heterocycles. The van der Waals surface area contributed by atoms with Gasteiger partial charge in [-0.2, -0.15) is 0 Å². The number of rotatable bonds is 23. The molecule has 78 heavy (non-hydrogen) atoms. The first-order valence-electron chi connectivity index (χ1n) is 27.8. The Morgan fingerprint density at radius 2 is 0.846 bits per heavy atom. The van der Waals surface area contributed by atoms with E-state index < -0.39 is 24.1 Å². The van der Waals surface area contributed by atoms with Crippen molar-refractivity contribution < 1.29 is 28.5 Å². The molecule has 0 aliphatic heterocycles. The number of hydrogen-bond acceptors (Lipinski definition) is 10. The molecule has 0 amide bonds. The van der Waals surface area contributed by atoms with Gasteiger partial charge in [0, 0.05) is 59.2 Å². The summed E-state index contributed by atoms with van der Waals surface area (Å²) in [6.07, 6.45) is 5.21. The first-order chi connectivity index (χ1) is 38.1. The van der Waals surface area contributed by atoms with Crippen LogP contribution < -0.4 is 31.2 Å². The summed E-state index contributed by atoms with van der Waals surface area (Å²) in [6.45, 7) is 9.94. The fraction of sp³-hybridized carbons (Fsp3) is 0.333. The SMILES string of the molecule is CCc1cc2c(cc1CC)CC(NC[C@H](OC(=O)CCC(=O)O[C@@H](CNC1Cc3cc(CC)c(CC)cc3C1)c1ccc(OCc3ccccc3)c3[nH]c(=O)ccc13)c1ccc(OCc3ccccc3)c3[nH]c(=O)ccc13)C2. The van der Waals surface area contributed by atoms with Gasteiger partial charge in [0.15, 0.2) is 0 Å². The highest BCUT2D eigenvalue weighted by Crippen LogP contribution is 2.36. The second-order valence-corrected chi connectivity index (χ2v) is 20.8. The van der Waals surface area contributed by atoms with Crippen molar-refractivity contribution in [3.05, 3.63) is 221 Å². The van der Waals surface area contributed by atoms with Crippen molar-refractivity contribution in [3.63, 3.8) is 0 Å². The van der Waals surface area contributed by atoms with Crippen LogP contribution in [0, 0.1) is 0 Å². The highest BCUT2D eigenvalue weighted by molar-refractivity contribution is 5.89. The van der Waals surface area contributed by atoms with Gasteiger partial charge in [0.2, 0.25) is 11.1 Å². The summed E-state index contributed by atoms with van der Waals surface area (Å²) in [4.78, 5) is 60.2. The largest absolute Gasteiger partial charge is 0.487 e. The zero-order chi connectivity index (χ0) is 54.1. The van der Waals surface area contributed by atoms with Gasteiger partial charge >= 0.3 is 11.9 Å². The van der Waals surface area contributed by atoms with Crippen LogP contribution in [0.3, 0.4) is 0 Å². The Kier molecular flexibility index (Phi) is 17.0. The van der Waals surface area contributed by atoms with E-state index in [1.807, 2.05) is 84.9 Å². The van der Waals surface area contributed by atoms with Crippen molar-refractivity contribution in [1.82, 2.24) is 20.6 Å². The molecule has 12 nitrogen and oxygen atoms in total. The van der Waals surface area contributed by atoms with Crippen molar-refractivity contribution in [2.45, 2.75) is 129 Å². The van der Waals surface area contributed by atoms with Gasteiger partial charge in [-0.1, -0.05) is 125 Å². The van der Waals surface area contributed by atoms with Crippen LogP contribution in [0.15, 0.2) is 143 Å². The standard InChI is InChI=1S/C66H70N4O8/c1-5-43-29-47-33-51(34-48(47)30-44(43)6-2)67-37-59(53-19-23-57(65-55(53)21-25-61(71)69-65)75-39-41-15-11-9-12-16-41)77-63(73)27-28-64(74)78-60(38-68-52-35-49-31-45(7-3)46(8-4)32-50(49)36-52)54-20-24-58(66-56(54)22-26-62(72)70-66)76-40-42-17-13-10-14-18-42/h9-26,29-32,51-52,59-60,67-68H,5-8,27-28,33-40H2,1-4H3,(H,69,71)(H,70,72)/t59-,60-/m0/s1. The maximum Gasteiger partial charge on any atom is 0.307 e. The van der Waals surface area contributed by atoms with E-state index in [1.54, 1.807) is 12.1 Å². The number of esters is 2. The Bertz CT molecular complexity index is 3250. The third kappa shape index (κ3) is 12.5. The van der Waals surface area contributed by atoms with Crippen LogP contribution in [0.25, 0.3) is 21.8 Å². The van der Waals surface area contributed by atoms with Gasteiger partial charge in [-0.15, -0.1) is 0 Å². The van der Waals surface area contributed by atoms with Crippen molar-refractivity contribution in [3.8, 4) is 11.5 Å². The summed E-state index contributed by atoms with van der Waals surface area (Å²) in [5, 5.41) is 8.83. The summed E-state index contributed by atoms with van der Waals surface area (Å²) in [7, 11) is 0. The van der Waals surface area contributed by atoms with Crippen molar-refractivity contribution in [2.75, 3.05) is 13.1 Å². The van der Waals surface area contributed by atoms with E-state index in [1.165, 1.54) is 56.6 Å². The summed E-state index contributed by atoms with van der Waals surface area (Å²) < 4.78 is 25.4. The highest BCUT2D eigenvalue weighted by atomic mass is 16.6. The molecule has 2 aliphatic carbocycles. The van der Waals surface area contributed by atoms with Gasteiger partial charge in [0.1, 0.15) is 36.9 Å². The third-order valence-corrected chi connectivity index (χ3v) is 15.6. The van der Waals surface area contributed by atoms with Crippen LogP contribution in [0.2, 0.25) is 0 Å². The Labute approximate surface area is 455 Å². The van der Waals surface area contributed by atoms with Crippen LogP contribution in [0.1, 0.15) is 120 Å². The Morgan fingerprint density at radius 3 is 1.19 bits per heavy atom. The van der Waals surface area contributed by atoms with E-state index >= 15 is 0 Å². The van der Waals surface area contributed by atoms with Crippen molar-refractivity contribution in [1.29, 1.82) is 0 Å². The van der Waals surface area contributed by atoms with Gasteiger partial charge in [0.05, 0.1) is 23.9 Å². The Morgan fingerprint density at radius 1 is 0.487 bits per heavy atom. The number of H-pyrrole nitrogens is 2. The molecule has 0 spiro atoms. The van der Waals surface area contributed by atoms with Gasteiger partial charge in [0.25, 0.3) is 0 Å². The number of aryl methyl sites for hydroxylation is 4. The molecule has 8 aromatic rings. The number of pyridine rings is 2. The van der Waals surface area contributed by atoms with Crippen LogP contribution >= 0.6 is 0 Å². The minimum atomic E-state index is -0.795. The van der Waals surface area contributed by atoms with Crippen LogP contribution in [-0.2, 0) is 83.6 Å². The summed E-state index contributed by atoms with van der Waals surface area (Å²) in [6, 6.07) is 43.0. The molecule has 2 atom stereocenters. The second-order valence-electron chi connectivity index (χ2n) is 20.8. The lowest BCUT2D eigenvalue weighted by molar-refractivity contribution is -0.156. The highest BCUT2D eigenvalue weighted by Gasteiger charge is 2.30. The monoisotopic (exact) mass is 1050 g/mol. The number of carbonyl (C=O) groups excluding carboxylic acids is 2. The lowest BCUT2D eigenvalue weighted by atomic mass is 9.97. The molecule has 0 unspecified atom stereocenters. The van der Waals surface area contributed by atoms with E-state index in [9.17, 15) is 19.2 Å². The number of carbonyl (C=O) groups is 2. The number of ether oxygens (including phenoxy) is 4. The summed E-state index contributed by atoms with van der Waals surface area (Å²) in [5.74, 6) is -0.163. The molecule has 2 aromatic heterocycles. The predicted molar refractivity (Wildman–Crippen MR) is 306 cm³/mol. The van der Waals surface area contributed by atoms with Gasteiger partial charge in [-0.25, -0.2) is 0 Å². The number of aromatic amines is 2. The molecule has 10 rings (SSSR count). The maximum absolute atomic E-state index is 14.2. The minimum absolute atomic E-state index is 0.109. The van der Waals surface area contributed by atoms with Crippen LogP contribution in [0.4, 0.5) is 0 Å². The fourth-order valence-corrected chi connectivity index (χ4v) is 11.5. The lowest BCUT2D eigenvalue weighted by Gasteiger charge is -2.24. The molecule has 0 bridgehead atoms. The normalized spacial score (nSPS) is 14.1. The van der Waals surface area contributed by atoms with E-state index in [-0.39, 0.29) is 49.1 Å². The third-order valence-electron chi connectivity index (χ3n) is 15.6. The number of nitrogens with one attached hydrogen (secondary N) is 4. The Hall–Kier alpha value is -7.80. The average molecular weight is 1050 g/mol. The molecule has 402 valence electrons. The zero-order valence-corrected chi connectivity index (χ0v) is 45.2. The van der Waals surface area contributed by atoms with Gasteiger partial charge < -0.3 is 39.5 Å². The quantitative estimate of drug-likeness (QED) is 0.0454. The second kappa shape index (κ2) is 24.7. The number of hydrogen-bond donors (Lipinski definition) is 4. The summed E-state index contributed by atoms with van der Waals surface area (Å²) >= 11 is 0. The zero-order valence-electron chi connectivity index (χ0n) is 45.2. The number of aromatic nitrogens is 2. The molecule has 4 N–H and O–H groups in total. The van der Waals surface area contributed by atoms with Crippen LogP contribution in [-0.4, -0.2) is 47.1 Å². The molecular formula is C66H70N4O8. The topological polar surface area (TPSA) is 161 Å². The van der Waals surface area contributed by atoms with Gasteiger partial charge in [-0.05, 0) is 131 Å². The predicted octanol–water partition coefficient (Wildman–Crippen LogP) is 10.9. The molecular weight excluding hydrogens is 977 g/mol. The van der Waals surface area contributed by atoms with Crippen molar-refractivity contribution in [2.24, 2.45) is 0 Å². The minimum Gasteiger partial charge on any atom is -0.487 e. The van der Waals surface area contributed by atoms with E-state index in [4.69, 9.17) is 18.9 Å². The van der Waals surface area contributed by atoms with E-state index in [0.29, 0.717) is 57.6 Å². The van der Waals surface area contributed by atoms with E-state index in [2.05, 4.69) is 72.6 Å². The molecule has 0 radical (unpaired) electrons. The lowest BCUT2D eigenvalue weighted by Crippen LogP contribution is -2.35. The van der Waals surface area contributed by atoms with Crippen LogP contribution in [0.5, 0.6) is 11.5 Å². The van der Waals surface area contributed by atoms with E-state index in [0.717, 1.165) is 62.5 Å². The first-order valence-corrected chi connectivity index (χ1v) is 27.8. The smallest absolute Gasteiger partial charge is 0.307 e. The van der Waals surface area contributed by atoms with Gasteiger partial charge in [-0.3, -0.25) is 19.2 Å². The first kappa shape index (κ1) is 53.6. The number of fused-ring (bicyclic) bond motifs is 4. The average Bonchev–Trinajstić information content (AvgIpc) is 4.12. The molecule has 6 aromatic carbocycles. The summed E-state index contributed by atoms with van der Waals surface area (Å²) in [5.41, 5.74) is 14.6. The molecule has 0 fully saturated rings. The molecule has 12 heteroatoms.